The van der Waals surface area contributed by atoms with E-state index in [4.69, 9.17) is 5.73 Å². The maximum Gasteiger partial charge on any atom is 0.241 e. The largest absolute Gasteiger partial charge is 0.330 e. The number of piperidine rings is 1. The third-order valence-electron chi connectivity index (χ3n) is 4.57. The van der Waals surface area contributed by atoms with Crippen molar-refractivity contribution in [2.75, 3.05) is 43.4 Å². The van der Waals surface area contributed by atoms with Gasteiger partial charge in [0, 0.05) is 23.7 Å². The number of hydrogen-bond acceptors (Lipinski definition) is 4. The van der Waals surface area contributed by atoms with Crippen LogP contribution in [0.2, 0.25) is 0 Å². The first-order valence-electron chi connectivity index (χ1n) is 8.22. The lowest BCUT2D eigenvalue weighted by Gasteiger charge is -2.35. The Labute approximate surface area is 137 Å². The topological polar surface area (TPSA) is 49.6 Å². The van der Waals surface area contributed by atoms with Gasteiger partial charge < -0.3 is 10.6 Å². The minimum Gasteiger partial charge on any atom is -0.330 e. The first-order chi connectivity index (χ1) is 10.8. The predicted molar refractivity (Wildman–Crippen MR) is 92.4 cm³/mol. The van der Waals surface area contributed by atoms with Gasteiger partial charge in [0.25, 0.3) is 0 Å². The summed E-state index contributed by atoms with van der Waals surface area (Å²) in [5.41, 5.74) is 6.76. The highest BCUT2D eigenvalue weighted by Crippen LogP contribution is 2.34. The van der Waals surface area contributed by atoms with E-state index in [0.717, 1.165) is 44.0 Å². The summed E-state index contributed by atoms with van der Waals surface area (Å²) in [5, 5.41) is 0. The summed E-state index contributed by atoms with van der Waals surface area (Å²) in [6, 6.07) is 8.23. The minimum absolute atomic E-state index is 0.237. The lowest BCUT2D eigenvalue weighted by atomic mass is 9.95. The van der Waals surface area contributed by atoms with E-state index < -0.39 is 0 Å². The summed E-state index contributed by atoms with van der Waals surface area (Å²) < 4.78 is 0. The number of carbonyl (C=O) groups excluding carboxylic acids is 1. The molecule has 0 radical (unpaired) electrons. The van der Waals surface area contributed by atoms with Gasteiger partial charge in [-0.1, -0.05) is 12.1 Å². The summed E-state index contributed by atoms with van der Waals surface area (Å²) >= 11 is 1.84. The molecule has 1 aromatic carbocycles. The van der Waals surface area contributed by atoms with Gasteiger partial charge in [0.15, 0.2) is 0 Å². The fourth-order valence-corrected chi connectivity index (χ4v) is 4.47. The van der Waals surface area contributed by atoms with E-state index in [1.165, 1.54) is 17.7 Å². The number of fused-ring (bicyclic) bond motifs is 1. The van der Waals surface area contributed by atoms with Crippen LogP contribution in [0.5, 0.6) is 0 Å². The Balaban J connectivity index is 1.63. The van der Waals surface area contributed by atoms with Crippen LogP contribution >= 0.6 is 11.8 Å². The van der Waals surface area contributed by atoms with E-state index >= 15 is 0 Å². The van der Waals surface area contributed by atoms with Crippen LogP contribution in [0.3, 0.4) is 0 Å². The fraction of sp³-hybridized carbons (Fsp3) is 0.588. The van der Waals surface area contributed by atoms with Crippen LogP contribution in [0.25, 0.3) is 0 Å². The number of rotatable bonds is 4. The molecule has 0 spiro atoms. The highest BCUT2D eigenvalue weighted by Gasteiger charge is 2.26. The lowest BCUT2D eigenvalue weighted by Crippen LogP contribution is -2.46. The maximum absolute atomic E-state index is 12.7. The zero-order valence-corrected chi connectivity index (χ0v) is 13.9. The van der Waals surface area contributed by atoms with Gasteiger partial charge in [-0.2, -0.15) is 0 Å². The zero-order chi connectivity index (χ0) is 15.4. The average molecular weight is 319 g/mol. The lowest BCUT2D eigenvalue weighted by molar-refractivity contribution is -0.120. The standard InChI is InChI=1S/C17H25N3OS/c18-8-7-14-4-3-9-19(12-14)13-17(21)20-10-11-22-16-6-2-1-5-15(16)20/h1-2,5-6,14H,3-4,7-13,18H2. The normalized spacial score (nSPS) is 22.4. The highest BCUT2D eigenvalue weighted by atomic mass is 32.2. The smallest absolute Gasteiger partial charge is 0.241 e. The van der Waals surface area contributed by atoms with Gasteiger partial charge in [-0.25, -0.2) is 0 Å². The summed E-state index contributed by atoms with van der Waals surface area (Å²) in [6.07, 6.45) is 3.52. The molecule has 0 aromatic heterocycles. The molecule has 2 heterocycles. The Bertz CT molecular complexity index is 520. The van der Waals surface area contributed by atoms with Crippen molar-refractivity contribution in [3.8, 4) is 0 Å². The predicted octanol–water partition coefficient (Wildman–Crippen LogP) is 2.19. The van der Waals surface area contributed by atoms with Crippen LogP contribution < -0.4 is 10.6 Å². The molecule has 2 N–H and O–H groups in total. The van der Waals surface area contributed by atoms with Crippen molar-refractivity contribution < 1.29 is 4.79 Å². The third-order valence-corrected chi connectivity index (χ3v) is 5.61. The number of anilines is 1. The molecule has 1 fully saturated rings. The van der Waals surface area contributed by atoms with Crippen LogP contribution in [-0.2, 0) is 4.79 Å². The van der Waals surface area contributed by atoms with Crippen molar-refractivity contribution in [3.05, 3.63) is 24.3 Å². The van der Waals surface area contributed by atoms with E-state index in [1.807, 2.05) is 28.8 Å². The molecular weight excluding hydrogens is 294 g/mol. The number of amides is 1. The Morgan fingerprint density at radius 2 is 2.18 bits per heavy atom. The first kappa shape index (κ1) is 15.8. The second-order valence-electron chi connectivity index (χ2n) is 6.18. The molecule has 5 heteroatoms. The van der Waals surface area contributed by atoms with Gasteiger partial charge >= 0.3 is 0 Å². The monoisotopic (exact) mass is 319 g/mol. The number of para-hydroxylation sites is 1. The van der Waals surface area contributed by atoms with E-state index in [1.54, 1.807) is 0 Å². The summed E-state index contributed by atoms with van der Waals surface area (Å²) in [4.78, 5) is 18.3. The third kappa shape index (κ3) is 3.65. The van der Waals surface area contributed by atoms with Crippen molar-refractivity contribution in [1.82, 2.24) is 4.90 Å². The molecule has 2 aliphatic rings. The second-order valence-corrected chi connectivity index (χ2v) is 7.32. The molecule has 1 aromatic rings. The number of nitrogens with zero attached hydrogens (tertiary/aromatic N) is 2. The molecule has 0 aliphatic carbocycles. The van der Waals surface area contributed by atoms with Gasteiger partial charge in [0.05, 0.1) is 12.2 Å². The summed E-state index contributed by atoms with van der Waals surface area (Å²) in [6.45, 7) is 4.17. The Morgan fingerprint density at radius 1 is 1.32 bits per heavy atom. The molecule has 1 atom stereocenters. The number of thioether (sulfide) groups is 1. The molecule has 3 rings (SSSR count). The van der Waals surface area contributed by atoms with Crippen molar-refractivity contribution >= 4 is 23.4 Å². The van der Waals surface area contributed by atoms with Gasteiger partial charge in [-0.15, -0.1) is 11.8 Å². The quantitative estimate of drug-likeness (QED) is 0.924. The molecule has 2 aliphatic heterocycles. The molecule has 22 heavy (non-hydrogen) atoms. The Hall–Kier alpha value is -1.04. The first-order valence-corrected chi connectivity index (χ1v) is 9.21. The Morgan fingerprint density at radius 3 is 3.05 bits per heavy atom. The number of likely N-dealkylation sites (tertiary alicyclic amines) is 1. The molecule has 1 unspecified atom stereocenters. The van der Waals surface area contributed by atoms with Gasteiger partial charge in [-0.05, 0) is 50.4 Å². The van der Waals surface area contributed by atoms with E-state index in [0.29, 0.717) is 12.5 Å². The zero-order valence-electron chi connectivity index (χ0n) is 13.0. The van der Waals surface area contributed by atoms with Crippen LogP contribution in [0.4, 0.5) is 5.69 Å². The van der Waals surface area contributed by atoms with Crippen molar-refractivity contribution in [1.29, 1.82) is 0 Å². The van der Waals surface area contributed by atoms with Gasteiger partial charge in [0.1, 0.15) is 0 Å². The minimum atomic E-state index is 0.237. The number of hydrogen-bond donors (Lipinski definition) is 1. The molecule has 1 saturated heterocycles. The van der Waals surface area contributed by atoms with Crippen LogP contribution in [0, 0.1) is 5.92 Å². The molecule has 0 bridgehead atoms. The van der Waals surface area contributed by atoms with Crippen LogP contribution in [0.1, 0.15) is 19.3 Å². The molecule has 120 valence electrons. The van der Waals surface area contributed by atoms with Crippen molar-refractivity contribution in [3.63, 3.8) is 0 Å². The molecule has 4 nitrogen and oxygen atoms in total. The average Bonchev–Trinajstić information content (AvgIpc) is 2.55. The van der Waals surface area contributed by atoms with Crippen LogP contribution in [0.15, 0.2) is 29.2 Å². The van der Waals surface area contributed by atoms with E-state index in [-0.39, 0.29) is 5.91 Å². The summed E-state index contributed by atoms with van der Waals surface area (Å²) in [7, 11) is 0. The second kappa shape index (κ2) is 7.49. The molecule has 1 amide bonds. The van der Waals surface area contributed by atoms with Crippen molar-refractivity contribution in [2.45, 2.75) is 24.2 Å². The van der Waals surface area contributed by atoms with Crippen molar-refractivity contribution in [2.24, 2.45) is 11.7 Å². The van der Waals surface area contributed by atoms with Gasteiger partial charge in [0.2, 0.25) is 5.91 Å². The Kier molecular flexibility index (Phi) is 5.39. The number of carbonyl (C=O) groups is 1. The molecule has 0 saturated carbocycles. The number of nitrogens with two attached hydrogens (primary N) is 1. The fourth-order valence-electron chi connectivity index (χ4n) is 3.47. The maximum atomic E-state index is 12.7. The van der Waals surface area contributed by atoms with E-state index in [2.05, 4.69) is 17.0 Å². The SMILES string of the molecule is NCCC1CCCN(CC(=O)N2CCSc3ccccc32)C1. The summed E-state index contributed by atoms with van der Waals surface area (Å²) in [5.74, 6) is 1.88. The highest BCUT2D eigenvalue weighted by molar-refractivity contribution is 7.99. The van der Waals surface area contributed by atoms with Gasteiger partial charge in [-0.3, -0.25) is 9.69 Å². The van der Waals surface area contributed by atoms with E-state index in [9.17, 15) is 4.79 Å². The number of benzene rings is 1. The molecular formula is C17H25N3OS. The van der Waals surface area contributed by atoms with Crippen LogP contribution in [-0.4, -0.2) is 49.3 Å².